The minimum Gasteiger partial charge on any atom is -0.495 e. The van der Waals surface area contributed by atoms with Gasteiger partial charge in [-0.25, -0.2) is 4.98 Å². The SMILES string of the molecule is C=C(C#N)CNc1c(OC)ccc2ccc(-c3nc(C=O)cs3)cc12. The second-order valence-corrected chi connectivity index (χ2v) is 6.20. The Hall–Kier alpha value is -3.17. The molecule has 0 bridgehead atoms. The molecule has 0 amide bonds. The predicted octanol–water partition coefficient (Wildman–Crippen LogP) is 4.28. The van der Waals surface area contributed by atoms with E-state index < -0.39 is 0 Å². The number of anilines is 1. The highest BCUT2D eigenvalue weighted by Crippen LogP contribution is 2.36. The Balaban J connectivity index is 2.10. The summed E-state index contributed by atoms with van der Waals surface area (Å²) in [4.78, 5) is 15.2. The lowest BCUT2D eigenvalue weighted by Crippen LogP contribution is -2.05. The van der Waals surface area contributed by atoms with Crippen molar-refractivity contribution in [2.75, 3.05) is 19.0 Å². The third-order valence-corrected chi connectivity index (χ3v) is 4.64. The molecule has 1 heterocycles. The Labute approximate surface area is 149 Å². The van der Waals surface area contributed by atoms with Crippen LogP contribution in [0, 0.1) is 11.3 Å². The van der Waals surface area contributed by atoms with Crippen molar-refractivity contribution in [2.24, 2.45) is 0 Å². The molecule has 2 aromatic carbocycles. The predicted molar refractivity (Wildman–Crippen MR) is 100 cm³/mol. The van der Waals surface area contributed by atoms with Gasteiger partial charge >= 0.3 is 0 Å². The summed E-state index contributed by atoms with van der Waals surface area (Å²) >= 11 is 1.42. The van der Waals surface area contributed by atoms with Crippen LogP contribution in [-0.2, 0) is 0 Å². The highest BCUT2D eigenvalue weighted by Gasteiger charge is 2.11. The lowest BCUT2D eigenvalue weighted by molar-refractivity contribution is 0.111. The second-order valence-electron chi connectivity index (χ2n) is 5.34. The Morgan fingerprint density at radius 1 is 1.44 bits per heavy atom. The number of thiazole rings is 1. The Bertz CT molecular complexity index is 1000. The summed E-state index contributed by atoms with van der Waals surface area (Å²) in [6.07, 6.45) is 0.741. The molecule has 1 N–H and O–H groups in total. The fraction of sp³-hybridized carbons (Fsp3) is 0.105. The highest BCUT2D eigenvalue weighted by atomic mass is 32.1. The maximum atomic E-state index is 10.9. The lowest BCUT2D eigenvalue weighted by Gasteiger charge is -2.14. The number of carbonyl (C=O) groups is 1. The average molecular weight is 349 g/mol. The van der Waals surface area contributed by atoms with E-state index in [1.54, 1.807) is 12.5 Å². The van der Waals surface area contributed by atoms with Crippen molar-refractivity contribution in [3.05, 3.63) is 53.6 Å². The van der Waals surface area contributed by atoms with Gasteiger partial charge in [-0.05, 0) is 17.5 Å². The van der Waals surface area contributed by atoms with Gasteiger partial charge in [-0.15, -0.1) is 11.3 Å². The summed E-state index contributed by atoms with van der Waals surface area (Å²) in [5.74, 6) is 0.683. The van der Waals surface area contributed by atoms with Crippen molar-refractivity contribution >= 4 is 34.1 Å². The van der Waals surface area contributed by atoms with E-state index in [9.17, 15) is 4.79 Å². The quantitative estimate of drug-likeness (QED) is 0.531. The summed E-state index contributed by atoms with van der Waals surface area (Å²) in [6, 6.07) is 11.9. The third-order valence-electron chi connectivity index (χ3n) is 3.73. The standard InChI is InChI=1S/C19H15N3O2S/c1-12(8-20)9-21-18-16-7-14(19-22-15(10-23)11-25-19)4-3-13(16)5-6-17(18)24-2/h3-7,10-11,21H,1,9H2,2H3. The van der Waals surface area contributed by atoms with Crippen molar-refractivity contribution in [3.63, 3.8) is 0 Å². The van der Waals surface area contributed by atoms with Crippen LogP contribution in [0.4, 0.5) is 5.69 Å². The van der Waals surface area contributed by atoms with Crippen LogP contribution in [0.1, 0.15) is 10.5 Å². The summed E-state index contributed by atoms with van der Waals surface area (Å²) in [7, 11) is 1.60. The van der Waals surface area contributed by atoms with E-state index in [0.717, 1.165) is 33.3 Å². The number of hydrogen-bond donors (Lipinski definition) is 1. The van der Waals surface area contributed by atoms with Gasteiger partial charge in [0.15, 0.2) is 6.29 Å². The van der Waals surface area contributed by atoms with Gasteiger partial charge in [-0.2, -0.15) is 5.26 Å². The first-order chi connectivity index (χ1) is 12.2. The van der Waals surface area contributed by atoms with Crippen molar-refractivity contribution in [1.82, 2.24) is 4.98 Å². The van der Waals surface area contributed by atoms with E-state index in [2.05, 4.69) is 16.9 Å². The van der Waals surface area contributed by atoms with Crippen LogP contribution in [-0.4, -0.2) is 24.9 Å². The molecule has 0 spiro atoms. The first kappa shape index (κ1) is 16.7. The number of ether oxygens (including phenoxy) is 1. The summed E-state index contributed by atoms with van der Waals surface area (Å²) in [5, 5.41) is 16.6. The van der Waals surface area contributed by atoms with Gasteiger partial charge in [0.2, 0.25) is 0 Å². The molecular formula is C19H15N3O2S. The molecule has 5 nitrogen and oxygen atoms in total. The van der Waals surface area contributed by atoms with Crippen molar-refractivity contribution in [2.45, 2.75) is 0 Å². The molecule has 0 aliphatic rings. The number of nitriles is 1. The second kappa shape index (κ2) is 7.16. The van der Waals surface area contributed by atoms with Crippen molar-refractivity contribution in [3.8, 4) is 22.4 Å². The number of nitrogens with one attached hydrogen (secondary N) is 1. The van der Waals surface area contributed by atoms with Gasteiger partial charge in [0.1, 0.15) is 16.5 Å². The molecule has 0 fully saturated rings. The maximum absolute atomic E-state index is 10.9. The van der Waals surface area contributed by atoms with Gasteiger partial charge in [0, 0.05) is 28.4 Å². The van der Waals surface area contributed by atoms with E-state index in [1.165, 1.54) is 11.3 Å². The first-order valence-electron chi connectivity index (χ1n) is 7.50. The van der Waals surface area contributed by atoms with Crippen LogP contribution in [0.25, 0.3) is 21.3 Å². The third kappa shape index (κ3) is 3.37. The fourth-order valence-corrected chi connectivity index (χ4v) is 3.25. The Morgan fingerprint density at radius 2 is 2.24 bits per heavy atom. The zero-order valence-corrected chi connectivity index (χ0v) is 14.4. The van der Waals surface area contributed by atoms with Crippen molar-refractivity contribution in [1.29, 1.82) is 5.26 Å². The molecule has 6 heteroatoms. The highest BCUT2D eigenvalue weighted by molar-refractivity contribution is 7.13. The maximum Gasteiger partial charge on any atom is 0.169 e. The molecule has 3 rings (SSSR count). The van der Waals surface area contributed by atoms with E-state index in [1.807, 2.05) is 36.4 Å². The zero-order chi connectivity index (χ0) is 17.8. The number of hydrogen-bond acceptors (Lipinski definition) is 6. The van der Waals surface area contributed by atoms with Crippen LogP contribution < -0.4 is 10.1 Å². The van der Waals surface area contributed by atoms with Gasteiger partial charge in [0.25, 0.3) is 0 Å². The van der Waals surface area contributed by atoms with Crippen LogP contribution in [0.2, 0.25) is 0 Å². The average Bonchev–Trinajstić information content (AvgIpc) is 3.14. The van der Waals surface area contributed by atoms with E-state index in [-0.39, 0.29) is 0 Å². The largest absolute Gasteiger partial charge is 0.495 e. The number of benzene rings is 2. The van der Waals surface area contributed by atoms with Crippen molar-refractivity contribution < 1.29 is 9.53 Å². The fourth-order valence-electron chi connectivity index (χ4n) is 2.49. The topological polar surface area (TPSA) is 75.0 Å². The van der Waals surface area contributed by atoms with Gasteiger partial charge in [0.05, 0.1) is 18.9 Å². The smallest absolute Gasteiger partial charge is 0.169 e. The normalized spacial score (nSPS) is 10.2. The molecule has 0 saturated heterocycles. The minimum absolute atomic E-state index is 0.336. The molecular weight excluding hydrogens is 334 g/mol. The van der Waals surface area contributed by atoms with Gasteiger partial charge < -0.3 is 10.1 Å². The number of fused-ring (bicyclic) bond motifs is 1. The molecule has 0 radical (unpaired) electrons. The molecule has 3 aromatic rings. The molecule has 124 valence electrons. The number of carbonyl (C=O) groups excluding carboxylic acids is 1. The van der Waals surface area contributed by atoms with Crippen LogP contribution in [0.3, 0.4) is 0 Å². The Morgan fingerprint density at radius 3 is 2.92 bits per heavy atom. The van der Waals surface area contributed by atoms with Crippen LogP contribution in [0.5, 0.6) is 5.75 Å². The molecule has 0 saturated carbocycles. The molecule has 0 unspecified atom stereocenters. The number of aromatic nitrogens is 1. The zero-order valence-electron chi connectivity index (χ0n) is 13.6. The van der Waals surface area contributed by atoms with Gasteiger partial charge in [-0.3, -0.25) is 4.79 Å². The van der Waals surface area contributed by atoms with Crippen LogP contribution in [0.15, 0.2) is 47.9 Å². The molecule has 1 aromatic heterocycles. The minimum atomic E-state index is 0.336. The monoisotopic (exact) mass is 349 g/mol. The first-order valence-corrected chi connectivity index (χ1v) is 8.38. The number of nitrogens with zero attached hydrogens (tertiary/aromatic N) is 2. The molecule has 25 heavy (non-hydrogen) atoms. The number of methoxy groups -OCH3 is 1. The number of aldehydes is 1. The van der Waals surface area contributed by atoms with E-state index in [4.69, 9.17) is 10.00 Å². The van der Waals surface area contributed by atoms with Gasteiger partial charge in [-0.1, -0.05) is 24.8 Å². The lowest BCUT2D eigenvalue weighted by atomic mass is 10.0. The molecule has 0 aliphatic heterocycles. The van der Waals surface area contributed by atoms with Crippen LogP contribution >= 0.6 is 11.3 Å². The summed E-state index contributed by atoms with van der Waals surface area (Å²) in [5.41, 5.74) is 2.58. The number of rotatable bonds is 6. The van der Waals surface area contributed by atoms with E-state index in [0.29, 0.717) is 23.6 Å². The molecule has 0 aliphatic carbocycles. The summed E-state index contributed by atoms with van der Waals surface area (Å²) in [6.45, 7) is 4.03. The van der Waals surface area contributed by atoms with E-state index >= 15 is 0 Å². The Kier molecular flexibility index (Phi) is 4.78. The summed E-state index contributed by atoms with van der Waals surface area (Å²) < 4.78 is 5.45. The molecule has 0 atom stereocenters.